The van der Waals surface area contributed by atoms with Gasteiger partial charge in [0.15, 0.2) is 0 Å². The predicted molar refractivity (Wildman–Crippen MR) is 63.5 cm³/mol. The smallest absolute Gasteiger partial charge is 0.226 e. The molecule has 16 heavy (non-hydrogen) atoms. The number of amides is 1. The van der Waals surface area contributed by atoms with E-state index in [1.165, 1.54) is 0 Å². The molecule has 5 nitrogen and oxygen atoms in total. The van der Waals surface area contributed by atoms with Crippen LogP contribution in [0.3, 0.4) is 0 Å². The highest BCUT2D eigenvalue weighted by molar-refractivity contribution is 5.93. The summed E-state index contributed by atoms with van der Waals surface area (Å²) in [7, 11) is 0. The summed E-state index contributed by atoms with van der Waals surface area (Å²) in [5.41, 5.74) is 10.4. The van der Waals surface area contributed by atoms with E-state index >= 15 is 0 Å². The lowest BCUT2D eigenvalue weighted by molar-refractivity contribution is -0.118. The predicted octanol–water partition coefficient (Wildman–Crippen LogP) is 3.53. The van der Waals surface area contributed by atoms with Crippen molar-refractivity contribution in [2.45, 2.75) is 20.8 Å². The molecule has 84 valence electrons. The number of nitrogens with one attached hydrogen (secondary N) is 1. The van der Waals surface area contributed by atoms with Crippen LogP contribution >= 0.6 is 0 Å². The van der Waals surface area contributed by atoms with Gasteiger partial charge < -0.3 is 5.32 Å². The minimum Gasteiger partial charge on any atom is -0.326 e. The summed E-state index contributed by atoms with van der Waals surface area (Å²) < 4.78 is 0. The molecule has 0 atom stereocenters. The van der Waals surface area contributed by atoms with E-state index < -0.39 is 0 Å². The highest BCUT2D eigenvalue weighted by Crippen LogP contribution is 2.22. The maximum Gasteiger partial charge on any atom is 0.226 e. The quantitative estimate of drug-likeness (QED) is 0.470. The van der Waals surface area contributed by atoms with E-state index in [0.29, 0.717) is 11.4 Å². The van der Waals surface area contributed by atoms with E-state index in [1.54, 1.807) is 18.2 Å². The summed E-state index contributed by atoms with van der Waals surface area (Å²) in [4.78, 5) is 14.2. The third kappa shape index (κ3) is 3.00. The number of azide groups is 1. The Bertz CT molecular complexity index is 447. The lowest BCUT2D eigenvalue weighted by Crippen LogP contribution is -2.18. The fraction of sp³-hybridized carbons (Fsp3) is 0.364. The van der Waals surface area contributed by atoms with Gasteiger partial charge in [0.2, 0.25) is 5.91 Å². The highest BCUT2D eigenvalue weighted by atomic mass is 16.1. The first-order valence-electron chi connectivity index (χ1n) is 5.01. The van der Waals surface area contributed by atoms with Gasteiger partial charge in [-0.2, -0.15) is 0 Å². The van der Waals surface area contributed by atoms with Crippen LogP contribution in [0.2, 0.25) is 0 Å². The Morgan fingerprint density at radius 1 is 1.50 bits per heavy atom. The second-order valence-corrected chi connectivity index (χ2v) is 3.83. The molecule has 0 unspecified atom stereocenters. The first kappa shape index (κ1) is 12.1. The molecule has 1 amide bonds. The molecule has 0 aliphatic carbocycles. The lowest BCUT2D eigenvalue weighted by atomic mass is 10.1. The second-order valence-electron chi connectivity index (χ2n) is 3.83. The van der Waals surface area contributed by atoms with Crippen molar-refractivity contribution in [2.75, 3.05) is 5.32 Å². The SMILES string of the molecule is Cc1ccc(N=[N+]=[N-])cc1NC(=O)C(C)C. The zero-order chi connectivity index (χ0) is 12.1. The molecule has 0 fully saturated rings. The van der Waals surface area contributed by atoms with E-state index in [4.69, 9.17) is 5.53 Å². The largest absolute Gasteiger partial charge is 0.326 e. The molecule has 1 aromatic rings. The topological polar surface area (TPSA) is 77.9 Å². The average molecular weight is 218 g/mol. The summed E-state index contributed by atoms with van der Waals surface area (Å²) in [6.07, 6.45) is 0. The number of rotatable bonds is 3. The van der Waals surface area contributed by atoms with Crippen molar-refractivity contribution < 1.29 is 4.79 Å². The van der Waals surface area contributed by atoms with Gasteiger partial charge in [0, 0.05) is 22.2 Å². The van der Waals surface area contributed by atoms with E-state index in [0.717, 1.165) is 5.56 Å². The third-order valence-corrected chi connectivity index (χ3v) is 2.16. The molecule has 0 heterocycles. The minimum absolute atomic E-state index is 0.0545. The van der Waals surface area contributed by atoms with Gasteiger partial charge in [-0.05, 0) is 24.1 Å². The van der Waals surface area contributed by atoms with Gasteiger partial charge in [-0.1, -0.05) is 31.1 Å². The van der Waals surface area contributed by atoms with Crippen molar-refractivity contribution in [3.8, 4) is 0 Å². The Morgan fingerprint density at radius 2 is 2.19 bits per heavy atom. The van der Waals surface area contributed by atoms with Crippen LogP contribution in [-0.4, -0.2) is 5.91 Å². The molecule has 0 saturated heterocycles. The third-order valence-electron chi connectivity index (χ3n) is 2.16. The summed E-state index contributed by atoms with van der Waals surface area (Å²) >= 11 is 0. The molecular weight excluding hydrogens is 204 g/mol. The highest BCUT2D eigenvalue weighted by Gasteiger charge is 2.08. The molecular formula is C11H14N4O. The molecule has 0 aliphatic heterocycles. The van der Waals surface area contributed by atoms with Crippen LogP contribution < -0.4 is 5.32 Å². The first-order chi connectivity index (χ1) is 7.54. The number of anilines is 1. The molecule has 0 spiro atoms. The number of hydrogen-bond donors (Lipinski definition) is 1. The maximum atomic E-state index is 11.5. The molecule has 0 radical (unpaired) electrons. The first-order valence-corrected chi connectivity index (χ1v) is 5.01. The normalized spacial score (nSPS) is 9.75. The van der Waals surface area contributed by atoms with E-state index in [2.05, 4.69) is 15.3 Å². The molecule has 0 bridgehead atoms. The van der Waals surface area contributed by atoms with Crippen molar-refractivity contribution >= 4 is 17.3 Å². The van der Waals surface area contributed by atoms with Crippen LogP contribution in [0.25, 0.3) is 10.4 Å². The van der Waals surface area contributed by atoms with Gasteiger partial charge in [0.25, 0.3) is 0 Å². The van der Waals surface area contributed by atoms with Crippen molar-refractivity contribution in [3.05, 3.63) is 34.2 Å². The van der Waals surface area contributed by atoms with Gasteiger partial charge >= 0.3 is 0 Å². The van der Waals surface area contributed by atoms with Crippen molar-refractivity contribution in [1.29, 1.82) is 0 Å². The van der Waals surface area contributed by atoms with Gasteiger partial charge in [-0.3, -0.25) is 4.79 Å². The molecule has 1 N–H and O–H groups in total. The molecule has 1 rings (SSSR count). The van der Waals surface area contributed by atoms with E-state index in [1.807, 2.05) is 20.8 Å². The number of nitrogens with zero attached hydrogens (tertiary/aromatic N) is 3. The van der Waals surface area contributed by atoms with Crippen LogP contribution in [0, 0.1) is 12.8 Å². The standard InChI is InChI=1S/C11H14N4O/c1-7(2)11(16)13-10-6-9(14-15-12)5-4-8(10)3/h4-7H,1-3H3,(H,13,16). The Morgan fingerprint density at radius 3 is 2.75 bits per heavy atom. The number of carbonyl (C=O) groups excluding carboxylic acids is 1. The lowest BCUT2D eigenvalue weighted by Gasteiger charge is -2.10. The van der Waals surface area contributed by atoms with Gasteiger partial charge in [-0.15, -0.1) is 0 Å². The van der Waals surface area contributed by atoms with Crippen LogP contribution in [-0.2, 0) is 4.79 Å². The van der Waals surface area contributed by atoms with Gasteiger partial charge in [0.1, 0.15) is 0 Å². The van der Waals surface area contributed by atoms with Crippen LogP contribution in [0.4, 0.5) is 11.4 Å². The molecule has 0 aliphatic rings. The summed E-state index contributed by atoms with van der Waals surface area (Å²) in [6, 6.07) is 5.18. The Kier molecular flexibility index (Phi) is 3.91. The average Bonchev–Trinajstić information content (AvgIpc) is 2.23. The number of benzene rings is 1. The van der Waals surface area contributed by atoms with Crippen molar-refractivity contribution in [1.82, 2.24) is 0 Å². The summed E-state index contributed by atoms with van der Waals surface area (Å²) in [5.74, 6) is -0.135. The Hall–Kier alpha value is -2.00. The van der Waals surface area contributed by atoms with E-state index in [-0.39, 0.29) is 11.8 Å². The summed E-state index contributed by atoms with van der Waals surface area (Å²) in [6.45, 7) is 5.53. The molecule has 0 aromatic heterocycles. The van der Waals surface area contributed by atoms with Crippen LogP contribution in [0.15, 0.2) is 23.3 Å². The Labute approximate surface area is 94.1 Å². The number of hydrogen-bond acceptors (Lipinski definition) is 2. The zero-order valence-electron chi connectivity index (χ0n) is 9.56. The molecule has 0 saturated carbocycles. The summed E-state index contributed by atoms with van der Waals surface area (Å²) in [5, 5.41) is 6.28. The maximum absolute atomic E-state index is 11.5. The van der Waals surface area contributed by atoms with Crippen LogP contribution in [0.1, 0.15) is 19.4 Å². The van der Waals surface area contributed by atoms with E-state index in [9.17, 15) is 4.79 Å². The molecule has 1 aromatic carbocycles. The van der Waals surface area contributed by atoms with Gasteiger partial charge in [-0.25, -0.2) is 0 Å². The zero-order valence-corrected chi connectivity index (χ0v) is 9.56. The monoisotopic (exact) mass is 218 g/mol. The molecule has 5 heteroatoms. The fourth-order valence-corrected chi connectivity index (χ4v) is 1.14. The van der Waals surface area contributed by atoms with Crippen LogP contribution in [0.5, 0.6) is 0 Å². The number of aryl methyl sites for hydroxylation is 1. The van der Waals surface area contributed by atoms with Gasteiger partial charge in [0.05, 0.1) is 0 Å². The van der Waals surface area contributed by atoms with Crippen molar-refractivity contribution in [3.63, 3.8) is 0 Å². The fourth-order valence-electron chi connectivity index (χ4n) is 1.14. The Balaban J connectivity index is 2.98. The minimum atomic E-state index is -0.0810. The van der Waals surface area contributed by atoms with Crippen molar-refractivity contribution in [2.24, 2.45) is 11.0 Å². The number of carbonyl (C=O) groups is 1. The second kappa shape index (κ2) is 5.19.